The van der Waals surface area contributed by atoms with Crippen molar-refractivity contribution < 1.29 is 4.79 Å². The summed E-state index contributed by atoms with van der Waals surface area (Å²) in [6, 6.07) is 22.1. The first-order valence-corrected chi connectivity index (χ1v) is 8.73. The van der Waals surface area contributed by atoms with Crippen LogP contribution < -0.4 is 10.6 Å². The van der Waals surface area contributed by atoms with Crippen molar-refractivity contribution in [2.75, 3.05) is 6.54 Å². The summed E-state index contributed by atoms with van der Waals surface area (Å²) in [6.45, 7) is 2.85. The lowest BCUT2D eigenvalue weighted by atomic mass is 10.00. The van der Waals surface area contributed by atoms with Crippen LogP contribution in [0.25, 0.3) is 10.8 Å². The Balaban J connectivity index is 1.55. The number of nitrogens with one attached hydrogen (secondary N) is 2. The molecule has 0 aliphatic heterocycles. The highest BCUT2D eigenvalue weighted by atomic mass is 35.5. The summed E-state index contributed by atoms with van der Waals surface area (Å²) in [4.78, 5) is 12.1. The fraction of sp³-hybridized carbons (Fsp3) is 0.190. The Morgan fingerprint density at radius 3 is 2.52 bits per heavy atom. The first-order valence-electron chi connectivity index (χ1n) is 8.35. The highest BCUT2D eigenvalue weighted by molar-refractivity contribution is 6.30. The average Bonchev–Trinajstić information content (AvgIpc) is 2.65. The lowest BCUT2D eigenvalue weighted by Crippen LogP contribution is -2.34. The van der Waals surface area contributed by atoms with Gasteiger partial charge in [-0.25, -0.2) is 0 Å². The smallest absolute Gasteiger partial charge is 0.234 e. The molecular weight excluding hydrogens is 332 g/mol. The summed E-state index contributed by atoms with van der Waals surface area (Å²) in [5, 5.41) is 9.34. The van der Waals surface area contributed by atoms with Gasteiger partial charge in [-0.15, -0.1) is 0 Å². The molecule has 128 valence electrons. The van der Waals surface area contributed by atoms with Gasteiger partial charge >= 0.3 is 0 Å². The summed E-state index contributed by atoms with van der Waals surface area (Å²) >= 11 is 5.86. The molecule has 1 amide bonds. The van der Waals surface area contributed by atoms with E-state index >= 15 is 0 Å². The Morgan fingerprint density at radius 2 is 1.72 bits per heavy atom. The minimum Gasteiger partial charge on any atom is -0.351 e. The number of carbonyl (C=O) groups is 1. The van der Waals surface area contributed by atoms with E-state index in [2.05, 4.69) is 47.9 Å². The van der Waals surface area contributed by atoms with Crippen molar-refractivity contribution >= 4 is 28.3 Å². The van der Waals surface area contributed by atoms with Gasteiger partial charge in [-0.2, -0.15) is 0 Å². The van der Waals surface area contributed by atoms with Crippen LogP contribution in [-0.2, 0) is 11.3 Å². The molecule has 25 heavy (non-hydrogen) atoms. The van der Waals surface area contributed by atoms with E-state index in [-0.39, 0.29) is 18.5 Å². The molecular formula is C21H21ClN2O. The zero-order chi connectivity index (χ0) is 17.6. The van der Waals surface area contributed by atoms with Gasteiger partial charge in [0.15, 0.2) is 0 Å². The summed E-state index contributed by atoms with van der Waals surface area (Å²) in [5.74, 6) is -0.0259. The van der Waals surface area contributed by atoms with E-state index in [0.29, 0.717) is 11.6 Å². The van der Waals surface area contributed by atoms with Crippen LogP contribution in [0.15, 0.2) is 66.7 Å². The Kier molecular flexibility index (Phi) is 5.69. The van der Waals surface area contributed by atoms with Crippen LogP contribution >= 0.6 is 11.6 Å². The number of amides is 1. The summed E-state index contributed by atoms with van der Waals surface area (Å²) < 4.78 is 0. The number of hydrogen-bond donors (Lipinski definition) is 2. The number of halogens is 1. The van der Waals surface area contributed by atoms with Gasteiger partial charge < -0.3 is 10.6 Å². The van der Waals surface area contributed by atoms with Crippen LogP contribution in [0, 0.1) is 0 Å². The molecule has 0 saturated carbocycles. The molecule has 0 bridgehead atoms. The molecule has 0 fully saturated rings. The molecule has 0 radical (unpaired) electrons. The third-order valence-electron chi connectivity index (χ3n) is 4.26. The number of hydrogen-bond acceptors (Lipinski definition) is 2. The molecule has 3 aromatic carbocycles. The van der Waals surface area contributed by atoms with Gasteiger partial charge in [0.1, 0.15) is 0 Å². The minimum atomic E-state index is -0.0259. The van der Waals surface area contributed by atoms with Crippen LogP contribution in [0.3, 0.4) is 0 Å². The SMILES string of the molecule is C[C@H](NCC(=O)NCc1ccc(Cl)cc1)c1cccc2ccccc12. The molecule has 0 heterocycles. The van der Waals surface area contributed by atoms with E-state index in [9.17, 15) is 4.79 Å². The summed E-state index contributed by atoms with van der Waals surface area (Å²) in [5.41, 5.74) is 2.23. The normalized spacial score (nSPS) is 12.1. The van der Waals surface area contributed by atoms with Crippen LogP contribution in [0.5, 0.6) is 0 Å². The Morgan fingerprint density at radius 1 is 1.00 bits per heavy atom. The number of fused-ring (bicyclic) bond motifs is 1. The average molecular weight is 353 g/mol. The van der Waals surface area contributed by atoms with Crippen molar-refractivity contribution in [2.24, 2.45) is 0 Å². The molecule has 3 aromatic rings. The number of carbonyl (C=O) groups excluding carboxylic acids is 1. The van der Waals surface area contributed by atoms with Crippen LogP contribution in [-0.4, -0.2) is 12.5 Å². The maximum atomic E-state index is 12.1. The lowest BCUT2D eigenvalue weighted by Gasteiger charge is -2.16. The predicted octanol–water partition coefficient (Wildman–Crippen LogP) is 4.46. The van der Waals surface area contributed by atoms with Crippen molar-refractivity contribution in [3.63, 3.8) is 0 Å². The summed E-state index contributed by atoms with van der Waals surface area (Å²) in [6.07, 6.45) is 0. The van der Waals surface area contributed by atoms with Gasteiger partial charge in [0.05, 0.1) is 6.54 Å². The van der Waals surface area contributed by atoms with Gasteiger partial charge in [0.25, 0.3) is 0 Å². The van der Waals surface area contributed by atoms with E-state index < -0.39 is 0 Å². The Bertz CT molecular complexity index is 856. The van der Waals surface area contributed by atoms with Crippen molar-refractivity contribution in [2.45, 2.75) is 19.5 Å². The third kappa shape index (κ3) is 4.59. The lowest BCUT2D eigenvalue weighted by molar-refractivity contribution is -0.120. The summed E-state index contributed by atoms with van der Waals surface area (Å²) in [7, 11) is 0. The van der Waals surface area contributed by atoms with Crippen LogP contribution in [0.2, 0.25) is 5.02 Å². The third-order valence-corrected chi connectivity index (χ3v) is 4.51. The maximum absolute atomic E-state index is 12.1. The second-order valence-corrected chi connectivity index (χ2v) is 6.51. The molecule has 4 heteroatoms. The van der Waals surface area contributed by atoms with Crippen LogP contribution in [0.4, 0.5) is 0 Å². The number of benzene rings is 3. The van der Waals surface area contributed by atoms with Gasteiger partial charge in [0.2, 0.25) is 5.91 Å². The molecule has 0 spiro atoms. The molecule has 0 aliphatic rings. The van der Waals surface area contributed by atoms with E-state index in [1.807, 2.05) is 36.4 Å². The van der Waals surface area contributed by atoms with Gasteiger partial charge in [-0.1, -0.05) is 66.2 Å². The van der Waals surface area contributed by atoms with E-state index in [4.69, 9.17) is 11.6 Å². The second kappa shape index (κ2) is 8.15. The van der Waals surface area contributed by atoms with E-state index in [0.717, 1.165) is 5.56 Å². The first kappa shape index (κ1) is 17.5. The fourth-order valence-corrected chi connectivity index (χ4v) is 2.98. The molecule has 1 atom stereocenters. The Hall–Kier alpha value is -2.36. The molecule has 0 saturated heterocycles. The molecule has 0 unspecified atom stereocenters. The largest absolute Gasteiger partial charge is 0.351 e. The van der Waals surface area contributed by atoms with Gasteiger partial charge in [-0.3, -0.25) is 4.79 Å². The Labute approximate surface area is 153 Å². The van der Waals surface area contributed by atoms with Gasteiger partial charge in [0, 0.05) is 17.6 Å². The zero-order valence-corrected chi connectivity index (χ0v) is 14.9. The van der Waals surface area contributed by atoms with Crippen molar-refractivity contribution in [3.8, 4) is 0 Å². The molecule has 2 N–H and O–H groups in total. The second-order valence-electron chi connectivity index (χ2n) is 6.07. The van der Waals surface area contributed by atoms with Gasteiger partial charge in [-0.05, 0) is 41.0 Å². The molecule has 3 nitrogen and oxygen atoms in total. The predicted molar refractivity (Wildman–Crippen MR) is 104 cm³/mol. The molecule has 0 aliphatic carbocycles. The van der Waals surface area contributed by atoms with E-state index in [1.165, 1.54) is 16.3 Å². The highest BCUT2D eigenvalue weighted by Gasteiger charge is 2.10. The van der Waals surface area contributed by atoms with E-state index in [1.54, 1.807) is 0 Å². The molecule has 3 rings (SSSR count). The maximum Gasteiger partial charge on any atom is 0.234 e. The topological polar surface area (TPSA) is 41.1 Å². The first-order chi connectivity index (χ1) is 12.1. The monoisotopic (exact) mass is 352 g/mol. The zero-order valence-electron chi connectivity index (χ0n) is 14.1. The minimum absolute atomic E-state index is 0.0259. The van der Waals surface area contributed by atoms with Crippen molar-refractivity contribution in [1.82, 2.24) is 10.6 Å². The van der Waals surface area contributed by atoms with Crippen molar-refractivity contribution in [1.29, 1.82) is 0 Å². The van der Waals surface area contributed by atoms with Crippen LogP contribution in [0.1, 0.15) is 24.1 Å². The quantitative estimate of drug-likeness (QED) is 0.687. The van der Waals surface area contributed by atoms with Crippen molar-refractivity contribution in [3.05, 3.63) is 82.9 Å². The number of rotatable bonds is 6. The standard InChI is InChI=1S/C21H21ClN2O/c1-15(19-8-4-6-17-5-2-3-7-20(17)19)23-14-21(25)24-13-16-9-11-18(22)12-10-16/h2-12,15,23H,13-14H2,1H3,(H,24,25)/t15-/m0/s1. The molecule has 0 aromatic heterocycles. The fourth-order valence-electron chi connectivity index (χ4n) is 2.85. The highest BCUT2D eigenvalue weighted by Crippen LogP contribution is 2.23.